The number of amides is 1. The Labute approximate surface area is 110 Å². The van der Waals surface area contributed by atoms with Gasteiger partial charge in [-0.3, -0.25) is 4.79 Å². The smallest absolute Gasteiger partial charge is 0.251 e. The normalized spacial score (nSPS) is 12.2. The van der Waals surface area contributed by atoms with Crippen molar-refractivity contribution in [2.75, 3.05) is 13.1 Å². The van der Waals surface area contributed by atoms with Crippen LogP contribution in [0.15, 0.2) is 18.2 Å². The molecule has 1 aromatic carbocycles. The molecular formula is C15H24N2O. The van der Waals surface area contributed by atoms with E-state index in [9.17, 15) is 4.79 Å². The summed E-state index contributed by atoms with van der Waals surface area (Å²) in [7, 11) is 0. The Balaban J connectivity index is 2.59. The Bertz CT molecular complexity index is 401. The molecule has 0 radical (unpaired) electrons. The number of carbonyl (C=O) groups excluding carboxylic acids is 1. The van der Waals surface area contributed by atoms with E-state index in [2.05, 4.69) is 12.2 Å². The second-order valence-electron chi connectivity index (χ2n) is 4.88. The highest BCUT2D eigenvalue weighted by Gasteiger charge is 2.11. The molecule has 0 fully saturated rings. The first-order valence-corrected chi connectivity index (χ1v) is 6.64. The number of aryl methyl sites for hydroxylation is 2. The van der Waals surface area contributed by atoms with Gasteiger partial charge < -0.3 is 11.1 Å². The van der Waals surface area contributed by atoms with Crippen LogP contribution in [0.2, 0.25) is 0 Å². The quantitative estimate of drug-likeness (QED) is 0.812. The van der Waals surface area contributed by atoms with Crippen molar-refractivity contribution in [2.45, 2.75) is 33.6 Å². The van der Waals surface area contributed by atoms with E-state index in [1.165, 1.54) is 5.56 Å². The van der Waals surface area contributed by atoms with Gasteiger partial charge in [-0.15, -0.1) is 0 Å². The average molecular weight is 248 g/mol. The first-order chi connectivity index (χ1) is 8.58. The molecule has 0 aliphatic carbocycles. The summed E-state index contributed by atoms with van der Waals surface area (Å²) in [6.07, 6.45) is 2.01. The first kappa shape index (κ1) is 14.7. The summed E-state index contributed by atoms with van der Waals surface area (Å²) in [6.45, 7) is 7.52. The third kappa shape index (κ3) is 4.15. The standard InChI is InChI=1S/C15H24N2O/c1-4-13(7-8-16)10-17-15(18)14-6-5-11(2)9-12(14)3/h5-6,9,13H,4,7-8,10,16H2,1-3H3,(H,17,18). The Morgan fingerprint density at radius 3 is 2.67 bits per heavy atom. The van der Waals surface area contributed by atoms with Crippen molar-refractivity contribution in [3.63, 3.8) is 0 Å². The van der Waals surface area contributed by atoms with Crippen molar-refractivity contribution in [2.24, 2.45) is 11.7 Å². The fourth-order valence-corrected chi connectivity index (χ4v) is 2.09. The maximum atomic E-state index is 12.1. The molecule has 18 heavy (non-hydrogen) atoms. The van der Waals surface area contributed by atoms with Gasteiger partial charge in [0, 0.05) is 12.1 Å². The van der Waals surface area contributed by atoms with Crippen LogP contribution in [0.25, 0.3) is 0 Å². The molecule has 3 N–H and O–H groups in total. The number of carbonyl (C=O) groups is 1. The van der Waals surface area contributed by atoms with Crippen LogP contribution in [0.5, 0.6) is 0 Å². The second kappa shape index (κ2) is 7.17. The minimum atomic E-state index is 0.0166. The lowest BCUT2D eigenvalue weighted by atomic mass is 10.0. The molecule has 0 bridgehead atoms. The van der Waals surface area contributed by atoms with Crippen LogP contribution in [0.3, 0.4) is 0 Å². The van der Waals surface area contributed by atoms with Gasteiger partial charge in [0.15, 0.2) is 0 Å². The SMILES string of the molecule is CCC(CCN)CNC(=O)c1ccc(C)cc1C. The van der Waals surface area contributed by atoms with Crippen molar-refractivity contribution >= 4 is 5.91 Å². The zero-order valence-corrected chi connectivity index (χ0v) is 11.6. The Kier molecular flexibility index (Phi) is 5.86. The molecule has 3 nitrogen and oxygen atoms in total. The van der Waals surface area contributed by atoms with Crippen LogP contribution in [-0.4, -0.2) is 19.0 Å². The van der Waals surface area contributed by atoms with Gasteiger partial charge in [-0.2, -0.15) is 0 Å². The molecule has 1 aromatic rings. The van der Waals surface area contributed by atoms with Crippen LogP contribution in [0, 0.1) is 19.8 Å². The predicted molar refractivity (Wildman–Crippen MR) is 75.7 cm³/mol. The van der Waals surface area contributed by atoms with Crippen molar-refractivity contribution in [3.05, 3.63) is 34.9 Å². The predicted octanol–water partition coefficient (Wildman–Crippen LogP) is 2.41. The minimum Gasteiger partial charge on any atom is -0.352 e. The van der Waals surface area contributed by atoms with E-state index in [1.54, 1.807) is 0 Å². The van der Waals surface area contributed by atoms with Crippen molar-refractivity contribution in [1.29, 1.82) is 0 Å². The van der Waals surface area contributed by atoms with Gasteiger partial charge in [0.25, 0.3) is 5.91 Å². The molecule has 0 aromatic heterocycles. The molecule has 1 atom stereocenters. The Morgan fingerprint density at radius 1 is 1.39 bits per heavy atom. The Hall–Kier alpha value is -1.35. The Morgan fingerprint density at radius 2 is 2.11 bits per heavy atom. The van der Waals surface area contributed by atoms with Gasteiger partial charge in [0.1, 0.15) is 0 Å². The molecule has 3 heteroatoms. The number of nitrogens with one attached hydrogen (secondary N) is 1. The largest absolute Gasteiger partial charge is 0.352 e. The van der Waals surface area contributed by atoms with Gasteiger partial charge in [-0.05, 0) is 44.4 Å². The summed E-state index contributed by atoms with van der Waals surface area (Å²) in [5.74, 6) is 0.493. The molecule has 0 spiro atoms. The molecular weight excluding hydrogens is 224 g/mol. The van der Waals surface area contributed by atoms with Crippen molar-refractivity contribution in [1.82, 2.24) is 5.32 Å². The average Bonchev–Trinajstić information content (AvgIpc) is 2.34. The molecule has 0 heterocycles. The van der Waals surface area contributed by atoms with E-state index in [0.29, 0.717) is 19.0 Å². The molecule has 0 aliphatic rings. The van der Waals surface area contributed by atoms with Crippen LogP contribution >= 0.6 is 0 Å². The molecule has 100 valence electrons. The van der Waals surface area contributed by atoms with E-state index >= 15 is 0 Å². The van der Waals surface area contributed by atoms with E-state index < -0.39 is 0 Å². The van der Waals surface area contributed by atoms with Gasteiger partial charge >= 0.3 is 0 Å². The van der Waals surface area contributed by atoms with Gasteiger partial charge in [-0.25, -0.2) is 0 Å². The number of benzene rings is 1. The van der Waals surface area contributed by atoms with Crippen LogP contribution in [0.1, 0.15) is 41.3 Å². The maximum Gasteiger partial charge on any atom is 0.251 e. The highest BCUT2D eigenvalue weighted by Crippen LogP contribution is 2.11. The maximum absolute atomic E-state index is 12.1. The first-order valence-electron chi connectivity index (χ1n) is 6.64. The summed E-state index contributed by atoms with van der Waals surface area (Å²) in [5.41, 5.74) is 8.52. The molecule has 1 rings (SSSR count). The second-order valence-corrected chi connectivity index (χ2v) is 4.88. The van der Waals surface area contributed by atoms with E-state index in [1.807, 2.05) is 32.0 Å². The minimum absolute atomic E-state index is 0.0166. The third-order valence-corrected chi connectivity index (χ3v) is 3.33. The molecule has 1 amide bonds. The molecule has 0 saturated heterocycles. The highest BCUT2D eigenvalue weighted by atomic mass is 16.1. The fourth-order valence-electron chi connectivity index (χ4n) is 2.09. The van der Waals surface area contributed by atoms with E-state index in [4.69, 9.17) is 5.73 Å². The van der Waals surface area contributed by atoms with E-state index in [0.717, 1.165) is 24.0 Å². The molecule has 1 unspecified atom stereocenters. The topological polar surface area (TPSA) is 55.1 Å². The van der Waals surface area contributed by atoms with Gasteiger partial charge in [-0.1, -0.05) is 31.0 Å². The highest BCUT2D eigenvalue weighted by molar-refractivity contribution is 5.95. The summed E-state index contributed by atoms with van der Waals surface area (Å²) < 4.78 is 0. The third-order valence-electron chi connectivity index (χ3n) is 3.33. The monoisotopic (exact) mass is 248 g/mol. The number of hydrogen-bond acceptors (Lipinski definition) is 2. The van der Waals surface area contributed by atoms with E-state index in [-0.39, 0.29) is 5.91 Å². The van der Waals surface area contributed by atoms with Crippen molar-refractivity contribution < 1.29 is 4.79 Å². The summed E-state index contributed by atoms with van der Waals surface area (Å²) >= 11 is 0. The van der Waals surface area contributed by atoms with Gasteiger partial charge in [0.2, 0.25) is 0 Å². The number of rotatable bonds is 6. The lowest BCUT2D eigenvalue weighted by Crippen LogP contribution is -2.30. The lowest BCUT2D eigenvalue weighted by Gasteiger charge is -2.15. The van der Waals surface area contributed by atoms with Crippen LogP contribution in [-0.2, 0) is 0 Å². The summed E-state index contributed by atoms with van der Waals surface area (Å²) in [5, 5.41) is 3.00. The van der Waals surface area contributed by atoms with Crippen LogP contribution in [0.4, 0.5) is 0 Å². The zero-order valence-electron chi connectivity index (χ0n) is 11.6. The molecule has 0 aliphatic heterocycles. The summed E-state index contributed by atoms with van der Waals surface area (Å²) in [4.78, 5) is 12.1. The fraction of sp³-hybridized carbons (Fsp3) is 0.533. The number of hydrogen-bond donors (Lipinski definition) is 2. The molecule has 0 saturated carbocycles. The van der Waals surface area contributed by atoms with Crippen LogP contribution < -0.4 is 11.1 Å². The number of nitrogens with two attached hydrogens (primary N) is 1. The van der Waals surface area contributed by atoms with Gasteiger partial charge in [0.05, 0.1) is 0 Å². The van der Waals surface area contributed by atoms with Crippen molar-refractivity contribution in [3.8, 4) is 0 Å². The summed E-state index contributed by atoms with van der Waals surface area (Å²) in [6, 6.07) is 5.90. The lowest BCUT2D eigenvalue weighted by molar-refractivity contribution is 0.0945. The zero-order chi connectivity index (χ0) is 13.5.